The van der Waals surface area contributed by atoms with E-state index in [9.17, 15) is 4.79 Å². The summed E-state index contributed by atoms with van der Waals surface area (Å²) < 4.78 is 10.6. The molecule has 0 radical (unpaired) electrons. The van der Waals surface area contributed by atoms with Crippen molar-refractivity contribution in [3.05, 3.63) is 76.8 Å². The van der Waals surface area contributed by atoms with Crippen molar-refractivity contribution in [1.29, 1.82) is 0 Å². The molecule has 3 heterocycles. The topological polar surface area (TPSA) is 55.4 Å². The smallest absolute Gasteiger partial charge is 0.244 e. The Bertz CT molecular complexity index is 678. The Morgan fingerprint density at radius 2 is 2.05 bits per heavy atom. The Labute approximate surface area is 132 Å². The van der Waals surface area contributed by atoms with Crippen LogP contribution in [0.25, 0.3) is 6.08 Å². The monoisotopic (exact) mass is 313 g/mol. The van der Waals surface area contributed by atoms with Gasteiger partial charge in [0.2, 0.25) is 5.91 Å². The minimum atomic E-state index is -0.162. The molecule has 0 aliphatic heterocycles. The van der Waals surface area contributed by atoms with E-state index < -0.39 is 0 Å². The van der Waals surface area contributed by atoms with Crippen molar-refractivity contribution < 1.29 is 13.6 Å². The summed E-state index contributed by atoms with van der Waals surface area (Å²) in [6.07, 6.45) is 6.32. The van der Waals surface area contributed by atoms with Crippen molar-refractivity contribution in [2.75, 3.05) is 6.54 Å². The number of hydrogen-bond donors (Lipinski definition) is 1. The van der Waals surface area contributed by atoms with Gasteiger partial charge >= 0.3 is 0 Å². The number of nitrogens with one attached hydrogen (secondary N) is 1. The van der Waals surface area contributed by atoms with E-state index in [4.69, 9.17) is 8.83 Å². The van der Waals surface area contributed by atoms with E-state index in [1.807, 2.05) is 29.6 Å². The van der Waals surface area contributed by atoms with Gasteiger partial charge in [-0.3, -0.25) is 4.79 Å². The predicted molar refractivity (Wildman–Crippen MR) is 85.6 cm³/mol. The van der Waals surface area contributed by atoms with E-state index in [2.05, 4.69) is 5.32 Å². The van der Waals surface area contributed by atoms with E-state index in [0.29, 0.717) is 12.3 Å². The fourth-order valence-corrected chi connectivity index (χ4v) is 2.96. The van der Waals surface area contributed by atoms with Gasteiger partial charge in [-0.15, -0.1) is 11.3 Å². The molecule has 0 saturated heterocycles. The largest absolute Gasteiger partial charge is 0.469 e. The zero-order chi connectivity index (χ0) is 15.2. The van der Waals surface area contributed by atoms with Crippen LogP contribution in [-0.4, -0.2) is 12.5 Å². The van der Waals surface area contributed by atoms with Gasteiger partial charge in [0, 0.05) is 17.5 Å². The number of furan rings is 2. The molecule has 3 aromatic heterocycles. The molecule has 1 atom stereocenters. The molecule has 22 heavy (non-hydrogen) atoms. The number of rotatable bonds is 6. The van der Waals surface area contributed by atoms with Crippen molar-refractivity contribution in [3.8, 4) is 0 Å². The summed E-state index contributed by atoms with van der Waals surface area (Å²) in [6, 6.07) is 11.4. The zero-order valence-corrected chi connectivity index (χ0v) is 12.6. The highest BCUT2D eigenvalue weighted by atomic mass is 32.1. The van der Waals surface area contributed by atoms with Gasteiger partial charge in [0.25, 0.3) is 0 Å². The normalized spacial score (nSPS) is 12.5. The summed E-state index contributed by atoms with van der Waals surface area (Å²) in [5.74, 6) is 1.36. The molecule has 0 aliphatic rings. The minimum Gasteiger partial charge on any atom is -0.469 e. The lowest BCUT2D eigenvalue weighted by Crippen LogP contribution is -2.26. The molecule has 0 saturated carbocycles. The van der Waals surface area contributed by atoms with Crippen LogP contribution in [-0.2, 0) is 4.79 Å². The molecule has 0 spiro atoms. The van der Waals surface area contributed by atoms with Gasteiger partial charge in [0.05, 0.1) is 18.4 Å². The van der Waals surface area contributed by atoms with Gasteiger partial charge < -0.3 is 14.2 Å². The molecule has 1 unspecified atom stereocenters. The van der Waals surface area contributed by atoms with Crippen LogP contribution in [0.15, 0.2) is 69.2 Å². The first kappa shape index (κ1) is 14.4. The van der Waals surface area contributed by atoms with E-state index >= 15 is 0 Å². The van der Waals surface area contributed by atoms with Gasteiger partial charge in [0.1, 0.15) is 11.5 Å². The zero-order valence-electron chi connectivity index (χ0n) is 11.8. The van der Waals surface area contributed by atoms with Crippen LogP contribution < -0.4 is 5.32 Å². The van der Waals surface area contributed by atoms with Crippen LogP contribution >= 0.6 is 11.3 Å². The first-order valence-corrected chi connectivity index (χ1v) is 7.77. The molecule has 1 N–H and O–H groups in total. The summed E-state index contributed by atoms with van der Waals surface area (Å²) in [5, 5.41) is 4.92. The van der Waals surface area contributed by atoms with Crippen LogP contribution in [0.3, 0.4) is 0 Å². The SMILES string of the molecule is O=C(/C=C/c1ccco1)NCC(c1ccco1)c1cccs1. The van der Waals surface area contributed by atoms with Gasteiger partial charge in [-0.25, -0.2) is 0 Å². The summed E-state index contributed by atoms with van der Waals surface area (Å²) in [7, 11) is 0. The highest BCUT2D eigenvalue weighted by molar-refractivity contribution is 7.10. The van der Waals surface area contributed by atoms with Crippen molar-refractivity contribution in [3.63, 3.8) is 0 Å². The summed E-state index contributed by atoms with van der Waals surface area (Å²) in [6.45, 7) is 0.482. The van der Waals surface area contributed by atoms with Crippen molar-refractivity contribution in [1.82, 2.24) is 5.32 Å². The second-order valence-electron chi connectivity index (χ2n) is 4.68. The average molecular weight is 313 g/mol. The summed E-state index contributed by atoms with van der Waals surface area (Å²) in [4.78, 5) is 13.1. The second kappa shape index (κ2) is 6.95. The standard InChI is InChI=1S/C17H15NO3S/c19-17(8-7-13-4-1-9-20-13)18-12-14(15-5-2-10-21-15)16-6-3-11-22-16/h1-11,14H,12H2,(H,18,19)/b8-7+. The highest BCUT2D eigenvalue weighted by Crippen LogP contribution is 2.28. The molecule has 0 aromatic carbocycles. The van der Waals surface area contributed by atoms with Gasteiger partial charge in [-0.05, 0) is 41.8 Å². The third-order valence-electron chi connectivity index (χ3n) is 3.20. The van der Waals surface area contributed by atoms with E-state index in [1.165, 1.54) is 6.08 Å². The lowest BCUT2D eigenvalue weighted by Gasteiger charge is -2.13. The predicted octanol–water partition coefficient (Wildman–Crippen LogP) is 3.90. The Morgan fingerprint density at radius 1 is 1.18 bits per heavy atom. The molecule has 3 rings (SSSR count). The molecule has 0 bridgehead atoms. The summed E-state index contributed by atoms with van der Waals surface area (Å²) >= 11 is 1.65. The molecule has 1 amide bonds. The van der Waals surface area contributed by atoms with Gasteiger partial charge in [-0.1, -0.05) is 6.07 Å². The molecular formula is C17H15NO3S. The third-order valence-corrected chi connectivity index (χ3v) is 4.18. The van der Waals surface area contributed by atoms with Gasteiger partial charge in [0.15, 0.2) is 0 Å². The number of carbonyl (C=O) groups excluding carboxylic acids is 1. The quantitative estimate of drug-likeness (QED) is 0.702. The van der Waals surface area contributed by atoms with Crippen molar-refractivity contribution in [2.45, 2.75) is 5.92 Å². The second-order valence-corrected chi connectivity index (χ2v) is 5.66. The Hall–Kier alpha value is -2.53. The maximum Gasteiger partial charge on any atom is 0.244 e. The van der Waals surface area contributed by atoms with Gasteiger partial charge in [-0.2, -0.15) is 0 Å². The Balaban J connectivity index is 1.63. The lowest BCUT2D eigenvalue weighted by molar-refractivity contribution is -0.116. The van der Waals surface area contributed by atoms with Crippen molar-refractivity contribution >= 4 is 23.3 Å². The van der Waals surface area contributed by atoms with Crippen LogP contribution in [0, 0.1) is 0 Å². The number of amides is 1. The maximum absolute atomic E-state index is 11.9. The number of hydrogen-bond acceptors (Lipinski definition) is 4. The van der Waals surface area contributed by atoms with Crippen LogP contribution in [0.2, 0.25) is 0 Å². The minimum absolute atomic E-state index is 0.0240. The number of carbonyl (C=O) groups is 1. The van der Waals surface area contributed by atoms with Crippen LogP contribution in [0.5, 0.6) is 0 Å². The van der Waals surface area contributed by atoms with Crippen LogP contribution in [0.1, 0.15) is 22.3 Å². The molecule has 3 aromatic rings. The molecule has 4 nitrogen and oxygen atoms in total. The van der Waals surface area contributed by atoms with Crippen molar-refractivity contribution in [2.24, 2.45) is 0 Å². The lowest BCUT2D eigenvalue weighted by atomic mass is 10.0. The third kappa shape index (κ3) is 3.56. The Morgan fingerprint density at radius 3 is 2.73 bits per heavy atom. The molecular weight excluding hydrogens is 298 g/mol. The Kier molecular flexibility index (Phi) is 4.56. The molecule has 0 fully saturated rings. The van der Waals surface area contributed by atoms with Crippen LogP contribution in [0.4, 0.5) is 0 Å². The maximum atomic E-state index is 11.9. The first-order valence-electron chi connectivity index (χ1n) is 6.89. The molecule has 0 aliphatic carbocycles. The summed E-state index contributed by atoms with van der Waals surface area (Å²) in [5.41, 5.74) is 0. The van der Waals surface area contributed by atoms with E-state index in [0.717, 1.165) is 10.6 Å². The van der Waals surface area contributed by atoms with E-state index in [-0.39, 0.29) is 11.8 Å². The first-order chi connectivity index (χ1) is 10.8. The van der Waals surface area contributed by atoms with E-state index in [1.54, 1.807) is 42.1 Å². The fraction of sp³-hybridized carbons (Fsp3) is 0.118. The highest BCUT2D eigenvalue weighted by Gasteiger charge is 2.18. The molecule has 5 heteroatoms. The fourth-order valence-electron chi connectivity index (χ4n) is 2.13. The number of thiophene rings is 1. The average Bonchev–Trinajstić information content (AvgIpc) is 3.27. The molecule has 112 valence electrons.